The number of aliphatic hydroxyl groups is 1. The SMILES string of the molecule is O=C(O)C(F)(F)F.O=C1OC(CO)CN1c1ccc(C2=CCN(Cc3ccccc3)CC2)c(F)c1. The van der Waals surface area contributed by atoms with Crippen molar-refractivity contribution < 1.29 is 42.1 Å². The molecule has 7 nitrogen and oxygen atoms in total. The molecule has 2 heterocycles. The van der Waals surface area contributed by atoms with Crippen LogP contribution in [0.25, 0.3) is 5.57 Å². The van der Waals surface area contributed by atoms with Gasteiger partial charge >= 0.3 is 18.2 Å². The van der Waals surface area contributed by atoms with Crippen LogP contribution in [0.5, 0.6) is 0 Å². The van der Waals surface area contributed by atoms with E-state index in [9.17, 15) is 22.4 Å². The zero-order chi connectivity index (χ0) is 25.6. The quantitative estimate of drug-likeness (QED) is 0.607. The molecule has 0 spiro atoms. The monoisotopic (exact) mass is 496 g/mol. The third kappa shape index (κ3) is 7.03. The van der Waals surface area contributed by atoms with Gasteiger partial charge in [-0.05, 0) is 35.8 Å². The van der Waals surface area contributed by atoms with Crippen molar-refractivity contribution in [2.24, 2.45) is 0 Å². The van der Waals surface area contributed by atoms with Crippen molar-refractivity contribution in [1.29, 1.82) is 0 Å². The molecule has 11 heteroatoms. The van der Waals surface area contributed by atoms with Crippen molar-refractivity contribution in [3.63, 3.8) is 0 Å². The van der Waals surface area contributed by atoms with Crippen LogP contribution in [-0.2, 0) is 16.1 Å². The smallest absolute Gasteiger partial charge is 0.475 e. The standard InChI is InChI=1S/C22H23FN2O3.C2HF3O2/c23-21-12-18(25-14-19(15-26)28-22(25)27)6-7-20(21)17-8-10-24(11-9-17)13-16-4-2-1-3-5-16;3-2(4,5)1(6)7/h1-8,12,19,26H,9-11,13-15H2;(H,6,7). The number of aliphatic hydroxyl groups excluding tert-OH is 1. The average molecular weight is 496 g/mol. The summed E-state index contributed by atoms with van der Waals surface area (Å²) >= 11 is 0. The first-order valence-corrected chi connectivity index (χ1v) is 10.7. The van der Waals surface area contributed by atoms with Gasteiger partial charge in [0, 0.05) is 25.2 Å². The number of rotatable bonds is 5. The molecule has 188 valence electrons. The molecule has 2 aliphatic heterocycles. The van der Waals surface area contributed by atoms with E-state index in [-0.39, 0.29) is 19.0 Å². The Bertz CT molecular complexity index is 1080. The molecular formula is C24H24F4N2O5. The summed E-state index contributed by atoms with van der Waals surface area (Å²) in [5.41, 5.74) is 3.29. The van der Waals surface area contributed by atoms with Gasteiger partial charge in [-0.1, -0.05) is 36.4 Å². The van der Waals surface area contributed by atoms with Crippen LogP contribution >= 0.6 is 0 Å². The van der Waals surface area contributed by atoms with Crippen molar-refractivity contribution in [2.45, 2.75) is 25.2 Å². The maximum atomic E-state index is 14.8. The number of benzene rings is 2. The number of carboxylic acid groups (broad SMARTS) is 1. The van der Waals surface area contributed by atoms with Gasteiger partial charge in [-0.2, -0.15) is 13.2 Å². The van der Waals surface area contributed by atoms with Gasteiger partial charge in [0.2, 0.25) is 0 Å². The summed E-state index contributed by atoms with van der Waals surface area (Å²) in [6, 6.07) is 15.1. The van der Waals surface area contributed by atoms with Crippen LogP contribution in [0.1, 0.15) is 17.5 Å². The Labute approximate surface area is 198 Å². The lowest BCUT2D eigenvalue weighted by Crippen LogP contribution is -2.28. The van der Waals surface area contributed by atoms with Crippen LogP contribution in [0.3, 0.4) is 0 Å². The molecule has 2 aromatic rings. The minimum absolute atomic E-state index is 0.227. The van der Waals surface area contributed by atoms with E-state index in [1.54, 1.807) is 12.1 Å². The largest absolute Gasteiger partial charge is 0.490 e. The number of cyclic esters (lactones) is 1. The first kappa shape index (κ1) is 26.2. The van der Waals surface area contributed by atoms with Gasteiger partial charge in [0.25, 0.3) is 0 Å². The van der Waals surface area contributed by atoms with Crippen molar-refractivity contribution in [3.05, 3.63) is 71.6 Å². The number of carbonyl (C=O) groups is 2. The molecule has 2 N–H and O–H groups in total. The Morgan fingerprint density at radius 3 is 2.34 bits per heavy atom. The molecule has 2 aromatic carbocycles. The molecule has 0 aliphatic carbocycles. The normalized spacial score (nSPS) is 18.4. The molecule has 35 heavy (non-hydrogen) atoms. The summed E-state index contributed by atoms with van der Waals surface area (Å²) in [4.78, 5) is 24.5. The highest BCUT2D eigenvalue weighted by Crippen LogP contribution is 2.30. The van der Waals surface area contributed by atoms with Gasteiger partial charge < -0.3 is 14.9 Å². The highest BCUT2D eigenvalue weighted by molar-refractivity contribution is 5.90. The van der Waals surface area contributed by atoms with E-state index in [4.69, 9.17) is 19.7 Å². The maximum absolute atomic E-state index is 14.8. The fourth-order valence-electron chi connectivity index (χ4n) is 3.70. The fourth-order valence-corrected chi connectivity index (χ4v) is 3.70. The van der Waals surface area contributed by atoms with Crippen molar-refractivity contribution in [3.8, 4) is 0 Å². The van der Waals surface area contributed by atoms with Gasteiger partial charge in [-0.3, -0.25) is 9.80 Å². The maximum Gasteiger partial charge on any atom is 0.490 e. The molecule has 1 amide bonds. The van der Waals surface area contributed by atoms with Gasteiger partial charge in [0.05, 0.1) is 18.8 Å². The van der Waals surface area contributed by atoms with Crippen LogP contribution in [0.2, 0.25) is 0 Å². The number of hydrogen-bond donors (Lipinski definition) is 2. The lowest BCUT2D eigenvalue weighted by atomic mass is 9.98. The number of ether oxygens (including phenoxy) is 1. The number of carbonyl (C=O) groups excluding carboxylic acids is 1. The fraction of sp³-hybridized carbons (Fsp3) is 0.333. The number of anilines is 1. The molecule has 2 aliphatic rings. The Balaban J connectivity index is 0.000000429. The van der Waals surface area contributed by atoms with Crippen LogP contribution in [-0.4, -0.2) is 65.7 Å². The molecule has 0 radical (unpaired) electrons. The van der Waals surface area contributed by atoms with Gasteiger partial charge in [0.15, 0.2) is 0 Å². The van der Waals surface area contributed by atoms with Crippen LogP contribution < -0.4 is 4.90 Å². The molecule has 4 rings (SSSR count). The second kappa shape index (κ2) is 11.3. The number of hydrogen-bond acceptors (Lipinski definition) is 5. The van der Waals surface area contributed by atoms with E-state index < -0.39 is 24.3 Å². The van der Waals surface area contributed by atoms with Gasteiger partial charge in [-0.25, -0.2) is 14.0 Å². The Hall–Kier alpha value is -3.44. The van der Waals surface area contributed by atoms with E-state index >= 15 is 0 Å². The van der Waals surface area contributed by atoms with E-state index in [1.807, 2.05) is 18.2 Å². The minimum atomic E-state index is -5.08. The summed E-state index contributed by atoms with van der Waals surface area (Å²) < 4.78 is 51.5. The van der Waals surface area contributed by atoms with E-state index in [2.05, 4.69) is 23.1 Å². The highest BCUT2D eigenvalue weighted by Gasteiger charge is 2.38. The summed E-state index contributed by atoms with van der Waals surface area (Å²) in [5.74, 6) is -3.10. The number of halogens is 4. The molecule has 1 fully saturated rings. The number of alkyl halides is 3. The summed E-state index contributed by atoms with van der Waals surface area (Å²) in [6.45, 7) is 2.52. The molecule has 1 saturated heterocycles. The lowest BCUT2D eigenvalue weighted by molar-refractivity contribution is -0.192. The second-order valence-electron chi connectivity index (χ2n) is 7.97. The van der Waals surface area contributed by atoms with Crippen LogP contribution in [0.4, 0.5) is 28.0 Å². The van der Waals surface area contributed by atoms with Crippen molar-refractivity contribution >= 4 is 23.3 Å². The first-order valence-electron chi connectivity index (χ1n) is 10.7. The molecule has 0 saturated carbocycles. The lowest BCUT2D eigenvalue weighted by Gasteiger charge is -2.27. The number of carboxylic acids is 1. The van der Waals surface area contributed by atoms with Crippen LogP contribution in [0, 0.1) is 5.82 Å². The van der Waals surface area contributed by atoms with E-state index in [0.717, 1.165) is 31.6 Å². The summed E-state index contributed by atoms with van der Waals surface area (Å²) in [5, 5.41) is 16.3. The molecular weight excluding hydrogens is 472 g/mol. The third-order valence-electron chi connectivity index (χ3n) is 5.47. The number of nitrogens with zero attached hydrogens (tertiary/aromatic N) is 2. The number of amides is 1. The molecule has 0 bridgehead atoms. The second-order valence-corrected chi connectivity index (χ2v) is 7.97. The summed E-state index contributed by atoms with van der Waals surface area (Å²) in [7, 11) is 0. The Morgan fingerprint density at radius 2 is 1.83 bits per heavy atom. The zero-order valence-electron chi connectivity index (χ0n) is 18.5. The summed E-state index contributed by atoms with van der Waals surface area (Å²) in [6.07, 6.45) is -3.34. The topological polar surface area (TPSA) is 90.3 Å². The van der Waals surface area contributed by atoms with E-state index in [1.165, 1.54) is 16.5 Å². The Kier molecular flexibility index (Phi) is 8.47. The molecule has 1 atom stereocenters. The van der Waals surface area contributed by atoms with Crippen LogP contribution in [0.15, 0.2) is 54.6 Å². The predicted molar refractivity (Wildman–Crippen MR) is 119 cm³/mol. The Morgan fingerprint density at radius 1 is 1.14 bits per heavy atom. The average Bonchev–Trinajstić information content (AvgIpc) is 3.21. The first-order chi connectivity index (χ1) is 16.6. The number of aliphatic carboxylic acids is 1. The van der Waals surface area contributed by atoms with Crippen molar-refractivity contribution in [1.82, 2.24) is 4.90 Å². The van der Waals surface area contributed by atoms with Crippen molar-refractivity contribution in [2.75, 3.05) is 31.1 Å². The zero-order valence-corrected chi connectivity index (χ0v) is 18.5. The predicted octanol–water partition coefficient (Wildman–Crippen LogP) is 4.07. The van der Waals surface area contributed by atoms with Gasteiger partial charge in [-0.15, -0.1) is 0 Å². The molecule has 0 aromatic heterocycles. The third-order valence-corrected chi connectivity index (χ3v) is 5.47. The minimum Gasteiger partial charge on any atom is -0.475 e. The highest BCUT2D eigenvalue weighted by atomic mass is 19.4. The van der Waals surface area contributed by atoms with E-state index in [0.29, 0.717) is 11.3 Å². The molecule has 1 unspecified atom stereocenters. The van der Waals surface area contributed by atoms with Gasteiger partial charge in [0.1, 0.15) is 11.9 Å².